The van der Waals surface area contributed by atoms with Crippen molar-refractivity contribution in [1.29, 1.82) is 0 Å². The number of hydrogen-bond acceptors (Lipinski definition) is 6. The molecule has 1 aliphatic rings. The van der Waals surface area contributed by atoms with Crippen LogP contribution in [-0.2, 0) is 0 Å². The zero-order valence-corrected chi connectivity index (χ0v) is 11.5. The highest BCUT2D eigenvalue weighted by Gasteiger charge is 2.37. The molecule has 2 heterocycles. The van der Waals surface area contributed by atoms with E-state index in [1.54, 1.807) is 0 Å². The minimum atomic E-state index is -0.675. The van der Waals surface area contributed by atoms with Crippen LogP contribution in [0.2, 0.25) is 0 Å². The van der Waals surface area contributed by atoms with Gasteiger partial charge in [0.2, 0.25) is 5.95 Å². The molecule has 1 unspecified atom stereocenters. The number of β-amino-alcohol motifs (C(OH)–C–C–N with tert-alkyl or cyclic N) is 1. The maximum atomic E-state index is 10.5. The highest BCUT2D eigenvalue weighted by Crippen LogP contribution is 2.24. The van der Waals surface area contributed by atoms with Gasteiger partial charge in [0.1, 0.15) is 0 Å². The molecule has 1 saturated heterocycles. The zero-order valence-electron chi connectivity index (χ0n) is 11.5. The van der Waals surface area contributed by atoms with Crippen molar-refractivity contribution in [2.75, 3.05) is 38.6 Å². The molecule has 0 saturated carbocycles. The summed E-state index contributed by atoms with van der Waals surface area (Å²) in [4.78, 5) is 8.43. The molecule has 6 nitrogen and oxygen atoms in total. The van der Waals surface area contributed by atoms with Crippen LogP contribution in [0.5, 0.6) is 0 Å². The molecule has 0 amide bonds. The van der Waals surface area contributed by atoms with Gasteiger partial charge in [0, 0.05) is 13.1 Å². The molecule has 1 aliphatic heterocycles. The molecule has 6 heteroatoms. The van der Waals surface area contributed by atoms with Crippen LogP contribution in [0.15, 0.2) is 0 Å². The van der Waals surface area contributed by atoms with Crippen LogP contribution in [0.4, 0.5) is 5.95 Å². The second-order valence-electron chi connectivity index (χ2n) is 5.42. The smallest absolute Gasteiger partial charge is 0.245 e. The Morgan fingerprint density at radius 2 is 2.00 bits per heavy atom. The van der Waals surface area contributed by atoms with Crippen molar-refractivity contribution in [2.24, 2.45) is 0 Å². The highest BCUT2D eigenvalue weighted by atomic mass is 16.3. The third-order valence-corrected chi connectivity index (χ3v) is 3.31. The lowest BCUT2D eigenvalue weighted by atomic mass is 10.0. The van der Waals surface area contributed by atoms with E-state index in [-0.39, 0.29) is 0 Å². The fourth-order valence-corrected chi connectivity index (χ4v) is 2.32. The summed E-state index contributed by atoms with van der Waals surface area (Å²) in [5.41, 5.74) is 1.07. The normalized spacial score (nSPS) is 24.0. The number of aromatic nitrogens is 3. The van der Waals surface area contributed by atoms with Crippen LogP contribution in [-0.4, -0.2) is 64.5 Å². The summed E-state index contributed by atoms with van der Waals surface area (Å²) < 4.78 is 0. The van der Waals surface area contributed by atoms with E-state index in [0.717, 1.165) is 24.4 Å². The predicted octanol–water partition coefficient (Wildman–Crippen LogP) is -0.00876. The van der Waals surface area contributed by atoms with E-state index < -0.39 is 5.60 Å². The molecular weight excluding hydrogens is 230 g/mol. The van der Waals surface area contributed by atoms with E-state index in [1.807, 2.05) is 37.7 Å². The van der Waals surface area contributed by atoms with Gasteiger partial charge in [-0.15, -0.1) is 5.10 Å². The van der Waals surface area contributed by atoms with Crippen LogP contribution in [0.25, 0.3) is 0 Å². The maximum Gasteiger partial charge on any atom is 0.245 e. The van der Waals surface area contributed by atoms with Gasteiger partial charge in [0.05, 0.1) is 23.5 Å². The van der Waals surface area contributed by atoms with Crippen LogP contribution in [0.3, 0.4) is 0 Å². The number of rotatable bonds is 3. The molecule has 1 aromatic heterocycles. The van der Waals surface area contributed by atoms with Gasteiger partial charge in [0.25, 0.3) is 0 Å². The molecule has 0 aromatic carbocycles. The SMILES string of the molecule is Cc1nnc(N2CCC(O)(CN(C)C)C2)nc1C. The quantitative estimate of drug-likeness (QED) is 0.815. The Labute approximate surface area is 108 Å². The zero-order chi connectivity index (χ0) is 13.3. The van der Waals surface area contributed by atoms with Gasteiger partial charge < -0.3 is 14.9 Å². The molecule has 18 heavy (non-hydrogen) atoms. The minimum Gasteiger partial charge on any atom is -0.387 e. The number of aryl methyl sites for hydroxylation is 2. The molecule has 0 spiro atoms. The molecule has 2 rings (SSSR count). The van der Waals surface area contributed by atoms with E-state index in [1.165, 1.54) is 0 Å². The topological polar surface area (TPSA) is 65.4 Å². The molecule has 1 N–H and O–H groups in total. The van der Waals surface area contributed by atoms with Crippen molar-refractivity contribution in [3.05, 3.63) is 11.4 Å². The van der Waals surface area contributed by atoms with E-state index >= 15 is 0 Å². The summed E-state index contributed by atoms with van der Waals surface area (Å²) in [5.74, 6) is 0.618. The molecule has 0 bridgehead atoms. The molecule has 1 aromatic rings. The molecule has 1 fully saturated rings. The summed E-state index contributed by atoms with van der Waals surface area (Å²) in [5, 5.41) is 18.6. The standard InChI is InChI=1S/C12H21N5O/c1-9-10(2)14-15-11(13-9)17-6-5-12(18,8-17)7-16(3)4/h18H,5-8H2,1-4H3. The Morgan fingerprint density at radius 1 is 1.28 bits per heavy atom. The number of aliphatic hydroxyl groups is 1. The van der Waals surface area contributed by atoms with E-state index in [4.69, 9.17) is 0 Å². The van der Waals surface area contributed by atoms with Gasteiger partial charge in [-0.1, -0.05) is 0 Å². The van der Waals surface area contributed by atoms with E-state index in [9.17, 15) is 5.11 Å². The van der Waals surface area contributed by atoms with Crippen LogP contribution in [0, 0.1) is 13.8 Å². The largest absolute Gasteiger partial charge is 0.387 e. The van der Waals surface area contributed by atoms with Crippen molar-refractivity contribution in [2.45, 2.75) is 25.9 Å². The molecular formula is C12H21N5O. The summed E-state index contributed by atoms with van der Waals surface area (Å²) in [6.07, 6.45) is 0.738. The Kier molecular flexibility index (Phi) is 3.49. The average Bonchev–Trinajstić information content (AvgIpc) is 2.63. The number of likely N-dealkylation sites (N-methyl/N-ethyl adjacent to an activating group) is 1. The highest BCUT2D eigenvalue weighted by molar-refractivity contribution is 5.33. The molecule has 1 atom stereocenters. The Bertz CT molecular complexity index is 436. The van der Waals surface area contributed by atoms with Crippen molar-refractivity contribution in [1.82, 2.24) is 20.1 Å². The monoisotopic (exact) mass is 251 g/mol. The summed E-state index contributed by atoms with van der Waals surface area (Å²) in [6.45, 7) is 5.81. The van der Waals surface area contributed by atoms with Gasteiger partial charge in [-0.05, 0) is 34.4 Å². The van der Waals surface area contributed by atoms with E-state index in [0.29, 0.717) is 19.0 Å². The van der Waals surface area contributed by atoms with Crippen molar-refractivity contribution < 1.29 is 5.11 Å². The third-order valence-electron chi connectivity index (χ3n) is 3.31. The summed E-state index contributed by atoms with van der Waals surface area (Å²) in [7, 11) is 3.93. The minimum absolute atomic E-state index is 0.565. The molecule has 100 valence electrons. The lowest BCUT2D eigenvalue weighted by Crippen LogP contribution is -2.42. The number of anilines is 1. The second kappa shape index (κ2) is 4.78. The Morgan fingerprint density at radius 3 is 2.61 bits per heavy atom. The van der Waals surface area contributed by atoms with Crippen molar-refractivity contribution >= 4 is 5.95 Å². The molecule has 0 radical (unpaired) electrons. The van der Waals surface area contributed by atoms with Crippen LogP contribution >= 0.6 is 0 Å². The van der Waals surface area contributed by atoms with Gasteiger partial charge >= 0.3 is 0 Å². The Balaban J connectivity index is 2.10. The first kappa shape index (κ1) is 13.2. The Hall–Kier alpha value is -1.27. The van der Waals surface area contributed by atoms with Crippen molar-refractivity contribution in [3.8, 4) is 0 Å². The summed E-state index contributed by atoms with van der Waals surface area (Å²) in [6, 6.07) is 0. The lowest BCUT2D eigenvalue weighted by Gasteiger charge is -2.26. The van der Waals surface area contributed by atoms with Gasteiger partial charge in [0.15, 0.2) is 0 Å². The van der Waals surface area contributed by atoms with Gasteiger partial charge in [-0.2, -0.15) is 5.10 Å². The fourth-order valence-electron chi connectivity index (χ4n) is 2.32. The predicted molar refractivity (Wildman–Crippen MR) is 69.6 cm³/mol. The van der Waals surface area contributed by atoms with Gasteiger partial charge in [-0.3, -0.25) is 0 Å². The number of nitrogens with zero attached hydrogens (tertiary/aromatic N) is 5. The second-order valence-corrected chi connectivity index (χ2v) is 5.42. The van der Waals surface area contributed by atoms with E-state index in [2.05, 4.69) is 15.2 Å². The average molecular weight is 251 g/mol. The molecule has 0 aliphatic carbocycles. The summed E-state index contributed by atoms with van der Waals surface area (Å²) >= 11 is 0. The van der Waals surface area contributed by atoms with Crippen LogP contribution in [0.1, 0.15) is 17.8 Å². The first-order valence-electron chi connectivity index (χ1n) is 6.20. The number of hydrogen-bond donors (Lipinski definition) is 1. The fraction of sp³-hybridized carbons (Fsp3) is 0.750. The van der Waals surface area contributed by atoms with Gasteiger partial charge in [-0.25, -0.2) is 4.98 Å². The maximum absolute atomic E-state index is 10.5. The van der Waals surface area contributed by atoms with Crippen molar-refractivity contribution in [3.63, 3.8) is 0 Å². The third kappa shape index (κ3) is 2.76. The van der Waals surface area contributed by atoms with Crippen LogP contribution < -0.4 is 4.90 Å². The lowest BCUT2D eigenvalue weighted by molar-refractivity contribution is 0.0365. The first-order valence-corrected chi connectivity index (χ1v) is 6.20. The first-order chi connectivity index (χ1) is 8.39.